The van der Waals surface area contributed by atoms with Crippen LogP contribution < -0.4 is 11.2 Å². The molecule has 0 aliphatic heterocycles. The van der Waals surface area contributed by atoms with Crippen LogP contribution in [-0.2, 0) is 22.6 Å². The predicted octanol–water partition coefficient (Wildman–Crippen LogP) is 2.18. The monoisotopic (exact) mass is 429 g/mol. The highest BCUT2D eigenvalue weighted by molar-refractivity contribution is 6.30. The Morgan fingerprint density at radius 2 is 1.83 bits per heavy atom. The molecule has 0 aliphatic carbocycles. The number of carbonyl (C=O) groups is 2. The van der Waals surface area contributed by atoms with Gasteiger partial charge in [-0.3, -0.25) is 19.0 Å². The predicted molar refractivity (Wildman–Crippen MR) is 113 cm³/mol. The van der Waals surface area contributed by atoms with Crippen molar-refractivity contribution >= 4 is 34.4 Å². The van der Waals surface area contributed by atoms with Crippen molar-refractivity contribution in [2.45, 2.75) is 20.0 Å². The van der Waals surface area contributed by atoms with E-state index in [9.17, 15) is 19.2 Å². The fraction of sp³-hybridized carbons (Fsp3) is 0.238. The van der Waals surface area contributed by atoms with E-state index in [0.29, 0.717) is 10.4 Å². The Balaban J connectivity index is 1.99. The molecule has 1 amide bonds. The summed E-state index contributed by atoms with van der Waals surface area (Å²) in [4.78, 5) is 53.4. The second-order valence-electron chi connectivity index (χ2n) is 6.60. The zero-order valence-electron chi connectivity index (χ0n) is 16.5. The van der Waals surface area contributed by atoms with Gasteiger partial charge in [0.2, 0.25) is 0 Å². The lowest BCUT2D eigenvalue weighted by atomic mass is 10.1. The standard InChI is InChI=1S/C21H20ClN3O5/c1-3-25-20(28)16-9-6-14(10-17(16)23-21(25)29)19(27)24(12-18(26)30-2)11-13-4-7-15(22)8-5-13/h4-10H,3,11-12H2,1-2H3,(H,23,29). The number of H-pyrrole nitrogens is 1. The zero-order valence-corrected chi connectivity index (χ0v) is 17.2. The smallest absolute Gasteiger partial charge is 0.328 e. The number of hydrogen-bond acceptors (Lipinski definition) is 5. The van der Waals surface area contributed by atoms with Gasteiger partial charge in [-0.25, -0.2) is 4.79 Å². The number of halogens is 1. The Hall–Kier alpha value is -3.39. The molecule has 0 unspecified atom stereocenters. The summed E-state index contributed by atoms with van der Waals surface area (Å²) >= 11 is 5.91. The van der Waals surface area contributed by atoms with Gasteiger partial charge in [-0.1, -0.05) is 23.7 Å². The average molecular weight is 430 g/mol. The summed E-state index contributed by atoms with van der Waals surface area (Å²) in [6.45, 7) is 1.82. The molecule has 0 fully saturated rings. The Morgan fingerprint density at radius 3 is 2.47 bits per heavy atom. The summed E-state index contributed by atoms with van der Waals surface area (Å²) < 4.78 is 5.78. The van der Waals surface area contributed by atoms with E-state index in [-0.39, 0.29) is 30.7 Å². The maximum atomic E-state index is 13.1. The maximum absolute atomic E-state index is 13.1. The molecule has 156 valence electrons. The molecule has 0 spiro atoms. The number of nitrogens with zero attached hydrogens (tertiary/aromatic N) is 2. The second-order valence-corrected chi connectivity index (χ2v) is 7.04. The summed E-state index contributed by atoms with van der Waals surface area (Å²) in [5.41, 5.74) is 0.279. The van der Waals surface area contributed by atoms with Crippen LogP contribution in [0.5, 0.6) is 0 Å². The number of fused-ring (bicyclic) bond motifs is 1. The van der Waals surface area contributed by atoms with Crippen molar-refractivity contribution in [1.82, 2.24) is 14.5 Å². The third-order valence-electron chi connectivity index (χ3n) is 4.67. The SMILES string of the molecule is CCn1c(=O)[nH]c2cc(C(=O)N(CC(=O)OC)Cc3ccc(Cl)cc3)ccc2c1=O. The Kier molecular flexibility index (Phi) is 6.37. The van der Waals surface area contributed by atoms with E-state index in [1.54, 1.807) is 31.2 Å². The molecule has 1 heterocycles. The lowest BCUT2D eigenvalue weighted by Crippen LogP contribution is -2.36. The Morgan fingerprint density at radius 1 is 1.13 bits per heavy atom. The summed E-state index contributed by atoms with van der Waals surface area (Å²) in [5, 5.41) is 0.853. The molecule has 2 aromatic carbocycles. The van der Waals surface area contributed by atoms with Crippen LogP contribution in [0, 0.1) is 0 Å². The molecular weight excluding hydrogens is 410 g/mol. The van der Waals surface area contributed by atoms with Crippen molar-refractivity contribution in [3.63, 3.8) is 0 Å². The van der Waals surface area contributed by atoms with Crippen LogP contribution in [0.25, 0.3) is 10.9 Å². The first kappa shape index (κ1) is 21.3. The zero-order chi connectivity index (χ0) is 21.8. The quantitative estimate of drug-likeness (QED) is 0.605. The van der Waals surface area contributed by atoms with Crippen molar-refractivity contribution in [1.29, 1.82) is 0 Å². The molecule has 0 bridgehead atoms. The fourth-order valence-electron chi connectivity index (χ4n) is 3.09. The number of aromatic nitrogens is 2. The minimum atomic E-state index is -0.572. The van der Waals surface area contributed by atoms with E-state index in [0.717, 1.165) is 10.1 Å². The topological polar surface area (TPSA) is 101 Å². The molecule has 3 rings (SSSR count). The van der Waals surface area contributed by atoms with Crippen LogP contribution in [0.3, 0.4) is 0 Å². The first-order chi connectivity index (χ1) is 14.3. The highest BCUT2D eigenvalue weighted by atomic mass is 35.5. The Bertz CT molecular complexity index is 1210. The lowest BCUT2D eigenvalue weighted by Gasteiger charge is -2.22. The van der Waals surface area contributed by atoms with Gasteiger partial charge in [0.1, 0.15) is 6.54 Å². The van der Waals surface area contributed by atoms with Crippen LogP contribution in [0.15, 0.2) is 52.1 Å². The lowest BCUT2D eigenvalue weighted by molar-refractivity contribution is -0.141. The summed E-state index contributed by atoms with van der Waals surface area (Å²) in [6, 6.07) is 11.3. The van der Waals surface area contributed by atoms with Crippen molar-refractivity contribution in [3.05, 3.63) is 79.5 Å². The molecule has 30 heavy (non-hydrogen) atoms. The molecular formula is C21H20ClN3O5. The van der Waals surface area contributed by atoms with Crippen molar-refractivity contribution < 1.29 is 14.3 Å². The number of methoxy groups -OCH3 is 1. The molecule has 0 saturated heterocycles. The number of amides is 1. The molecule has 0 saturated carbocycles. The fourth-order valence-corrected chi connectivity index (χ4v) is 3.21. The van der Waals surface area contributed by atoms with Crippen molar-refractivity contribution in [3.8, 4) is 0 Å². The minimum absolute atomic E-state index is 0.150. The molecule has 1 aromatic heterocycles. The van der Waals surface area contributed by atoms with Gasteiger partial charge < -0.3 is 14.6 Å². The summed E-state index contributed by atoms with van der Waals surface area (Å²) in [6.07, 6.45) is 0. The van der Waals surface area contributed by atoms with Gasteiger partial charge in [0, 0.05) is 23.7 Å². The number of carbonyl (C=O) groups excluding carboxylic acids is 2. The highest BCUT2D eigenvalue weighted by Gasteiger charge is 2.21. The molecule has 0 atom stereocenters. The Labute approximate surface area is 176 Å². The number of benzene rings is 2. The first-order valence-corrected chi connectivity index (χ1v) is 9.59. The summed E-state index contributed by atoms with van der Waals surface area (Å²) in [5.74, 6) is -1.02. The average Bonchev–Trinajstić information content (AvgIpc) is 2.74. The number of esters is 1. The van der Waals surface area contributed by atoms with E-state index >= 15 is 0 Å². The van der Waals surface area contributed by atoms with Crippen molar-refractivity contribution in [2.75, 3.05) is 13.7 Å². The van der Waals surface area contributed by atoms with E-state index in [4.69, 9.17) is 16.3 Å². The normalized spacial score (nSPS) is 10.8. The molecule has 1 N–H and O–H groups in total. The molecule has 0 aliphatic rings. The van der Waals surface area contributed by atoms with Crippen LogP contribution in [0.1, 0.15) is 22.8 Å². The third kappa shape index (κ3) is 4.44. The second kappa shape index (κ2) is 8.96. The van der Waals surface area contributed by atoms with Crippen LogP contribution in [0.4, 0.5) is 0 Å². The van der Waals surface area contributed by atoms with Gasteiger partial charge in [-0.2, -0.15) is 0 Å². The number of aromatic amines is 1. The number of ether oxygens (including phenoxy) is 1. The van der Waals surface area contributed by atoms with Gasteiger partial charge in [0.15, 0.2) is 0 Å². The van der Waals surface area contributed by atoms with Gasteiger partial charge in [-0.15, -0.1) is 0 Å². The number of nitrogens with one attached hydrogen (secondary N) is 1. The molecule has 9 heteroatoms. The van der Waals surface area contributed by atoms with Gasteiger partial charge in [0.05, 0.1) is 18.0 Å². The maximum Gasteiger partial charge on any atom is 0.328 e. The van der Waals surface area contributed by atoms with E-state index < -0.39 is 23.1 Å². The number of rotatable bonds is 6. The van der Waals surface area contributed by atoms with Crippen molar-refractivity contribution in [2.24, 2.45) is 0 Å². The summed E-state index contributed by atoms with van der Waals surface area (Å²) in [7, 11) is 1.24. The van der Waals surface area contributed by atoms with Gasteiger partial charge in [0.25, 0.3) is 11.5 Å². The van der Waals surface area contributed by atoms with E-state index in [2.05, 4.69) is 4.98 Å². The van der Waals surface area contributed by atoms with Gasteiger partial charge >= 0.3 is 11.7 Å². The van der Waals surface area contributed by atoms with Crippen LogP contribution in [-0.4, -0.2) is 40.0 Å². The van der Waals surface area contributed by atoms with Crippen LogP contribution >= 0.6 is 11.6 Å². The highest BCUT2D eigenvalue weighted by Crippen LogP contribution is 2.16. The van der Waals surface area contributed by atoms with Crippen LogP contribution in [0.2, 0.25) is 5.02 Å². The molecule has 0 radical (unpaired) electrons. The van der Waals surface area contributed by atoms with E-state index in [1.807, 2.05) is 0 Å². The number of hydrogen-bond donors (Lipinski definition) is 1. The van der Waals surface area contributed by atoms with Gasteiger partial charge in [-0.05, 0) is 42.8 Å². The minimum Gasteiger partial charge on any atom is -0.468 e. The molecule has 8 nitrogen and oxygen atoms in total. The largest absolute Gasteiger partial charge is 0.468 e. The third-order valence-corrected chi connectivity index (χ3v) is 4.92. The first-order valence-electron chi connectivity index (χ1n) is 9.21. The molecule has 3 aromatic rings. The van der Waals surface area contributed by atoms with E-state index in [1.165, 1.54) is 30.2 Å².